The normalized spacial score (nSPS) is 14.8. The highest BCUT2D eigenvalue weighted by Gasteiger charge is 2.16. The first-order valence-electron chi connectivity index (χ1n) is 7.01. The second-order valence-electron chi connectivity index (χ2n) is 5.10. The van der Waals surface area contributed by atoms with E-state index >= 15 is 0 Å². The van der Waals surface area contributed by atoms with Crippen LogP contribution in [0.2, 0.25) is 0 Å². The van der Waals surface area contributed by atoms with E-state index in [2.05, 4.69) is 34.0 Å². The highest BCUT2D eigenvalue weighted by Crippen LogP contribution is 2.21. The molecular formula is C17H17N3S. The topological polar surface area (TPSA) is 36.4 Å². The molecule has 3 nitrogen and oxygen atoms in total. The highest BCUT2D eigenvalue weighted by atomic mass is 32.1. The molecule has 2 aromatic carbocycles. The lowest BCUT2D eigenvalue weighted by molar-refractivity contribution is 1.01. The maximum absolute atomic E-state index is 5.30. The van der Waals surface area contributed by atoms with Gasteiger partial charge in [-0.1, -0.05) is 42.5 Å². The van der Waals surface area contributed by atoms with Gasteiger partial charge in [-0.05, 0) is 49.2 Å². The summed E-state index contributed by atoms with van der Waals surface area (Å²) in [6.07, 6.45) is 2.01. The fraction of sp³-hybridized carbons (Fsp3) is 0.176. The van der Waals surface area contributed by atoms with Crippen molar-refractivity contribution in [1.29, 1.82) is 0 Å². The number of benzene rings is 2. The molecule has 4 heteroatoms. The van der Waals surface area contributed by atoms with Crippen LogP contribution >= 0.6 is 12.2 Å². The minimum atomic E-state index is 0.515. The van der Waals surface area contributed by atoms with Gasteiger partial charge < -0.3 is 5.32 Å². The molecule has 0 unspecified atom stereocenters. The van der Waals surface area contributed by atoms with Gasteiger partial charge in [0.1, 0.15) is 0 Å². The number of thiocarbonyl (C=S) groups is 1. The molecule has 0 saturated carbocycles. The van der Waals surface area contributed by atoms with E-state index in [0.717, 1.165) is 29.8 Å². The van der Waals surface area contributed by atoms with E-state index in [0.29, 0.717) is 5.11 Å². The minimum absolute atomic E-state index is 0.515. The van der Waals surface area contributed by atoms with Gasteiger partial charge >= 0.3 is 0 Å². The van der Waals surface area contributed by atoms with Crippen LogP contribution in [0.3, 0.4) is 0 Å². The Bertz CT molecular complexity index is 707. The third-order valence-corrected chi connectivity index (χ3v) is 3.84. The Labute approximate surface area is 130 Å². The van der Waals surface area contributed by atoms with Crippen LogP contribution in [0, 0.1) is 6.92 Å². The zero-order valence-corrected chi connectivity index (χ0v) is 12.7. The predicted molar refractivity (Wildman–Crippen MR) is 91.8 cm³/mol. The Hall–Kier alpha value is -2.20. The molecule has 0 heterocycles. The average molecular weight is 295 g/mol. The van der Waals surface area contributed by atoms with E-state index in [4.69, 9.17) is 12.2 Å². The number of para-hydroxylation sites is 1. The van der Waals surface area contributed by atoms with Crippen molar-refractivity contribution in [3.63, 3.8) is 0 Å². The van der Waals surface area contributed by atoms with Crippen LogP contribution in [-0.4, -0.2) is 10.8 Å². The second-order valence-corrected chi connectivity index (χ2v) is 5.50. The van der Waals surface area contributed by atoms with Crippen LogP contribution in [0.5, 0.6) is 0 Å². The van der Waals surface area contributed by atoms with E-state index < -0.39 is 0 Å². The van der Waals surface area contributed by atoms with Gasteiger partial charge in [0.15, 0.2) is 5.11 Å². The van der Waals surface area contributed by atoms with E-state index in [1.165, 1.54) is 11.1 Å². The molecule has 106 valence electrons. The first-order chi connectivity index (χ1) is 10.2. The zero-order valence-electron chi connectivity index (χ0n) is 11.9. The molecule has 0 bridgehead atoms. The van der Waals surface area contributed by atoms with Crippen molar-refractivity contribution in [2.75, 3.05) is 5.32 Å². The van der Waals surface area contributed by atoms with Gasteiger partial charge in [0, 0.05) is 11.3 Å². The standard InChI is InChI=1S/C17H17N3S/c1-12-6-2-5-9-15(12)18-17(21)20-19-16-11-10-13-7-3-4-8-14(13)16/h2-9H,10-11H2,1H3,(H2,18,20,21)/b19-16-. The monoisotopic (exact) mass is 295 g/mol. The fourth-order valence-electron chi connectivity index (χ4n) is 2.51. The molecule has 21 heavy (non-hydrogen) atoms. The molecule has 1 aliphatic carbocycles. The number of hydrazone groups is 1. The van der Waals surface area contributed by atoms with Crippen LogP contribution in [-0.2, 0) is 6.42 Å². The molecule has 0 saturated heterocycles. The minimum Gasteiger partial charge on any atom is -0.331 e. The van der Waals surface area contributed by atoms with Gasteiger partial charge in [-0.2, -0.15) is 5.10 Å². The number of aryl methyl sites for hydroxylation is 2. The van der Waals surface area contributed by atoms with Crippen molar-refractivity contribution in [3.8, 4) is 0 Å². The van der Waals surface area contributed by atoms with E-state index in [1.807, 2.05) is 37.3 Å². The van der Waals surface area contributed by atoms with E-state index in [9.17, 15) is 0 Å². The summed E-state index contributed by atoms with van der Waals surface area (Å²) in [7, 11) is 0. The lowest BCUT2D eigenvalue weighted by Crippen LogP contribution is -2.25. The molecule has 0 aromatic heterocycles. The van der Waals surface area contributed by atoms with Gasteiger partial charge in [-0.25, -0.2) is 0 Å². The summed E-state index contributed by atoms with van der Waals surface area (Å²) in [5, 5.41) is 8.14. The molecule has 1 aliphatic rings. The van der Waals surface area contributed by atoms with Crippen molar-refractivity contribution in [2.24, 2.45) is 5.10 Å². The summed E-state index contributed by atoms with van der Waals surface area (Å²) in [6.45, 7) is 2.05. The van der Waals surface area contributed by atoms with Crippen molar-refractivity contribution < 1.29 is 0 Å². The average Bonchev–Trinajstić information content (AvgIpc) is 2.91. The SMILES string of the molecule is Cc1ccccc1NC(=S)N/N=C1/CCc2ccccc21. The Morgan fingerprint density at radius 3 is 2.67 bits per heavy atom. The molecule has 0 radical (unpaired) electrons. The Kier molecular flexibility index (Phi) is 3.97. The second kappa shape index (κ2) is 6.06. The summed E-state index contributed by atoms with van der Waals surface area (Å²) in [4.78, 5) is 0. The molecule has 0 aliphatic heterocycles. The molecule has 3 rings (SSSR count). The highest BCUT2D eigenvalue weighted by molar-refractivity contribution is 7.80. The smallest absolute Gasteiger partial charge is 0.191 e. The van der Waals surface area contributed by atoms with Crippen LogP contribution < -0.4 is 10.7 Å². The van der Waals surface area contributed by atoms with Gasteiger partial charge in [-0.15, -0.1) is 0 Å². The van der Waals surface area contributed by atoms with Crippen molar-refractivity contribution in [1.82, 2.24) is 5.43 Å². The summed E-state index contributed by atoms with van der Waals surface area (Å²) in [6, 6.07) is 16.4. The Balaban J connectivity index is 1.67. The lowest BCUT2D eigenvalue weighted by atomic mass is 10.1. The molecule has 0 amide bonds. The van der Waals surface area contributed by atoms with E-state index in [1.54, 1.807) is 0 Å². The maximum Gasteiger partial charge on any atom is 0.191 e. The lowest BCUT2D eigenvalue weighted by Gasteiger charge is -2.10. The molecule has 0 spiro atoms. The maximum atomic E-state index is 5.30. The molecule has 0 fully saturated rings. The number of rotatable bonds is 2. The zero-order chi connectivity index (χ0) is 14.7. The van der Waals surface area contributed by atoms with Crippen molar-refractivity contribution in [2.45, 2.75) is 19.8 Å². The third kappa shape index (κ3) is 3.11. The van der Waals surface area contributed by atoms with Crippen LogP contribution in [0.1, 0.15) is 23.1 Å². The van der Waals surface area contributed by atoms with Crippen LogP contribution in [0.25, 0.3) is 0 Å². The first kappa shape index (κ1) is 13.8. The Morgan fingerprint density at radius 1 is 1.05 bits per heavy atom. The number of nitrogens with zero attached hydrogens (tertiary/aromatic N) is 1. The quantitative estimate of drug-likeness (QED) is 0.656. The number of hydrogen-bond acceptors (Lipinski definition) is 2. The number of hydrogen-bond donors (Lipinski definition) is 2. The van der Waals surface area contributed by atoms with Gasteiger partial charge in [0.25, 0.3) is 0 Å². The third-order valence-electron chi connectivity index (χ3n) is 3.65. The molecule has 2 N–H and O–H groups in total. The summed E-state index contributed by atoms with van der Waals surface area (Å²) < 4.78 is 0. The Morgan fingerprint density at radius 2 is 1.81 bits per heavy atom. The van der Waals surface area contributed by atoms with E-state index in [-0.39, 0.29) is 0 Å². The largest absolute Gasteiger partial charge is 0.331 e. The number of nitrogens with one attached hydrogen (secondary N) is 2. The summed E-state index contributed by atoms with van der Waals surface area (Å²) >= 11 is 5.30. The summed E-state index contributed by atoms with van der Waals surface area (Å²) in [5.41, 5.74) is 8.76. The number of fused-ring (bicyclic) bond motifs is 1. The van der Waals surface area contributed by atoms with Crippen molar-refractivity contribution in [3.05, 3.63) is 65.2 Å². The van der Waals surface area contributed by atoms with Crippen LogP contribution in [0.15, 0.2) is 53.6 Å². The first-order valence-corrected chi connectivity index (χ1v) is 7.42. The van der Waals surface area contributed by atoms with Gasteiger partial charge in [0.2, 0.25) is 0 Å². The predicted octanol–water partition coefficient (Wildman–Crippen LogP) is 3.63. The van der Waals surface area contributed by atoms with Crippen LogP contribution in [0.4, 0.5) is 5.69 Å². The van der Waals surface area contributed by atoms with Gasteiger partial charge in [-0.3, -0.25) is 5.43 Å². The summed E-state index contributed by atoms with van der Waals surface area (Å²) in [5.74, 6) is 0. The molecule has 0 atom stereocenters. The molecular weight excluding hydrogens is 278 g/mol. The molecule has 2 aromatic rings. The fourth-order valence-corrected chi connectivity index (χ4v) is 2.66. The van der Waals surface area contributed by atoms with Crippen molar-refractivity contribution >= 4 is 28.7 Å². The van der Waals surface area contributed by atoms with Gasteiger partial charge in [0.05, 0.1) is 5.71 Å². The number of anilines is 1.